The molecule has 2 rings (SSSR count). The van der Waals surface area contributed by atoms with E-state index in [1.165, 1.54) is 29.2 Å². The van der Waals surface area contributed by atoms with Gasteiger partial charge in [0.05, 0.1) is 18.0 Å². The predicted octanol–water partition coefficient (Wildman–Crippen LogP) is 4.61. The smallest absolute Gasteiger partial charge is 0.339 e. The number of carbonyl (C=O) groups excluding carboxylic acids is 1. The Morgan fingerprint density at radius 2 is 1.58 bits per heavy atom. The van der Waals surface area contributed by atoms with Crippen LogP contribution in [0.2, 0.25) is 0 Å². The van der Waals surface area contributed by atoms with Crippen molar-refractivity contribution in [2.24, 2.45) is 0 Å². The van der Waals surface area contributed by atoms with Crippen molar-refractivity contribution in [1.82, 2.24) is 4.90 Å². The molecule has 1 amide bonds. The molecule has 0 fully saturated rings. The van der Waals surface area contributed by atoms with Crippen molar-refractivity contribution >= 4 is 5.91 Å². The van der Waals surface area contributed by atoms with Crippen LogP contribution in [0.25, 0.3) is 0 Å². The van der Waals surface area contributed by atoms with E-state index in [2.05, 4.69) is 0 Å². The highest BCUT2D eigenvalue weighted by Crippen LogP contribution is 2.29. The predicted molar refractivity (Wildman–Crippen MR) is 82.7 cm³/mol. The maximum atomic E-state index is 13.0. The van der Waals surface area contributed by atoms with Crippen LogP contribution in [0.4, 0.5) is 17.6 Å². The number of carbonyl (C=O) groups is 1. The number of alkyl halides is 3. The standard InChI is InChI=1S/C18H17F4NO/c1-12(14-5-9-16(19)10-6-14)23(2)17(24)11-13-3-7-15(8-4-13)18(20,21)22/h3-10,12H,11H2,1-2H3. The number of likely N-dealkylation sites (N-methyl/N-ethyl adjacent to an activating group) is 1. The van der Waals surface area contributed by atoms with Crippen LogP contribution < -0.4 is 0 Å². The minimum atomic E-state index is -4.39. The lowest BCUT2D eigenvalue weighted by Gasteiger charge is -2.25. The van der Waals surface area contributed by atoms with Crippen LogP contribution in [-0.2, 0) is 17.4 Å². The molecule has 0 aliphatic carbocycles. The lowest BCUT2D eigenvalue weighted by atomic mass is 10.0. The SMILES string of the molecule is CC(c1ccc(F)cc1)N(C)C(=O)Cc1ccc(C(F)(F)F)cc1. The third-order valence-corrected chi connectivity index (χ3v) is 3.96. The van der Waals surface area contributed by atoms with E-state index in [0.717, 1.165) is 17.7 Å². The summed E-state index contributed by atoms with van der Waals surface area (Å²) in [6.45, 7) is 1.80. The summed E-state index contributed by atoms with van der Waals surface area (Å²) < 4.78 is 50.5. The van der Waals surface area contributed by atoms with Gasteiger partial charge >= 0.3 is 6.18 Å². The van der Waals surface area contributed by atoms with Gasteiger partial charge in [-0.2, -0.15) is 13.2 Å². The highest BCUT2D eigenvalue weighted by molar-refractivity contribution is 5.79. The van der Waals surface area contributed by atoms with Gasteiger partial charge in [-0.25, -0.2) is 4.39 Å². The Morgan fingerprint density at radius 3 is 2.08 bits per heavy atom. The number of amides is 1. The largest absolute Gasteiger partial charge is 0.416 e. The lowest BCUT2D eigenvalue weighted by Crippen LogP contribution is -2.31. The summed E-state index contributed by atoms with van der Waals surface area (Å²) in [5.74, 6) is -0.587. The zero-order valence-corrected chi connectivity index (χ0v) is 13.3. The number of benzene rings is 2. The Hall–Kier alpha value is -2.37. The van der Waals surface area contributed by atoms with Gasteiger partial charge in [-0.15, -0.1) is 0 Å². The van der Waals surface area contributed by atoms with Gasteiger partial charge in [0, 0.05) is 7.05 Å². The normalized spacial score (nSPS) is 12.8. The maximum absolute atomic E-state index is 13.0. The third kappa shape index (κ3) is 4.34. The highest BCUT2D eigenvalue weighted by Gasteiger charge is 2.30. The van der Waals surface area contributed by atoms with Crippen LogP contribution >= 0.6 is 0 Å². The van der Waals surface area contributed by atoms with E-state index in [4.69, 9.17) is 0 Å². The van der Waals surface area contributed by atoms with Gasteiger partial charge in [-0.3, -0.25) is 4.79 Å². The molecule has 1 unspecified atom stereocenters. The highest BCUT2D eigenvalue weighted by atomic mass is 19.4. The monoisotopic (exact) mass is 339 g/mol. The van der Waals surface area contributed by atoms with Gasteiger partial charge in [0.15, 0.2) is 0 Å². The molecule has 6 heteroatoms. The fourth-order valence-corrected chi connectivity index (χ4v) is 2.29. The molecular weight excluding hydrogens is 322 g/mol. The average molecular weight is 339 g/mol. The van der Waals surface area contributed by atoms with E-state index in [0.29, 0.717) is 5.56 Å². The molecule has 0 N–H and O–H groups in total. The van der Waals surface area contributed by atoms with Crippen LogP contribution in [0, 0.1) is 5.82 Å². The molecule has 2 aromatic rings. The summed E-state index contributed by atoms with van der Waals surface area (Å²) in [7, 11) is 1.61. The minimum Gasteiger partial charge on any atom is -0.339 e. The summed E-state index contributed by atoms with van der Waals surface area (Å²) in [5.41, 5.74) is 0.539. The van der Waals surface area contributed by atoms with E-state index in [9.17, 15) is 22.4 Å². The average Bonchev–Trinajstić information content (AvgIpc) is 2.54. The van der Waals surface area contributed by atoms with Crippen LogP contribution in [0.5, 0.6) is 0 Å². The first-order valence-corrected chi connectivity index (χ1v) is 7.35. The second-order valence-corrected chi connectivity index (χ2v) is 5.60. The number of halogens is 4. The first-order valence-electron chi connectivity index (χ1n) is 7.35. The summed E-state index contributed by atoms with van der Waals surface area (Å²) in [6.07, 6.45) is -4.39. The molecule has 2 nitrogen and oxygen atoms in total. The Labute approximate surface area is 137 Å². The second-order valence-electron chi connectivity index (χ2n) is 5.60. The van der Waals surface area contributed by atoms with Crippen molar-refractivity contribution in [3.63, 3.8) is 0 Å². The van der Waals surface area contributed by atoms with Crippen molar-refractivity contribution < 1.29 is 22.4 Å². The summed E-state index contributed by atoms with van der Waals surface area (Å²) in [4.78, 5) is 13.8. The quantitative estimate of drug-likeness (QED) is 0.745. The molecule has 0 spiro atoms. The van der Waals surface area contributed by atoms with E-state index in [1.807, 2.05) is 0 Å². The minimum absolute atomic E-state index is 0.000170. The van der Waals surface area contributed by atoms with Crippen LogP contribution in [0.3, 0.4) is 0 Å². The summed E-state index contributed by atoms with van der Waals surface area (Å²) in [6, 6.07) is 10.1. The van der Waals surface area contributed by atoms with Crippen molar-refractivity contribution in [2.45, 2.75) is 25.6 Å². The summed E-state index contributed by atoms with van der Waals surface area (Å²) in [5, 5.41) is 0. The molecule has 0 heterocycles. The van der Waals surface area contributed by atoms with Crippen LogP contribution in [0.1, 0.15) is 29.7 Å². The third-order valence-electron chi connectivity index (χ3n) is 3.96. The van der Waals surface area contributed by atoms with Gasteiger partial charge in [0.2, 0.25) is 5.91 Å². The molecule has 0 radical (unpaired) electrons. The van der Waals surface area contributed by atoms with Crippen molar-refractivity contribution in [3.05, 3.63) is 71.0 Å². The Balaban J connectivity index is 2.04. The zero-order chi connectivity index (χ0) is 17.9. The van der Waals surface area contributed by atoms with E-state index < -0.39 is 11.7 Å². The molecular formula is C18H17F4NO. The fourth-order valence-electron chi connectivity index (χ4n) is 2.29. The fraction of sp³-hybridized carbons (Fsp3) is 0.278. The molecule has 0 saturated heterocycles. The second kappa shape index (κ2) is 7.03. The Bertz CT molecular complexity index is 692. The first kappa shape index (κ1) is 18.0. The first-order chi connectivity index (χ1) is 11.2. The van der Waals surface area contributed by atoms with Gasteiger partial charge in [-0.1, -0.05) is 24.3 Å². The zero-order valence-electron chi connectivity index (χ0n) is 13.3. The molecule has 0 aromatic heterocycles. The molecule has 0 saturated carbocycles. The van der Waals surface area contributed by atoms with Crippen molar-refractivity contribution in [2.75, 3.05) is 7.05 Å². The van der Waals surface area contributed by atoms with Crippen LogP contribution in [-0.4, -0.2) is 17.9 Å². The Morgan fingerprint density at radius 1 is 1.04 bits per heavy atom. The van der Waals surface area contributed by atoms with Gasteiger partial charge in [0.25, 0.3) is 0 Å². The lowest BCUT2D eigenvalue weighted by molar-refractivity contribution is -0.137. The maximum Gasteiger partial charge on any atom is 0.416 e. The van der Waals surface area contributed by atoms with E-state index in [1.54, 1.807) is 26.1 Å². The van der Waals surface area contributed by atoms with E-state index >= 15 is 0 Å². The topological polar surface area (TPSA) is 20.3 Å². The van der Waals surface area contributed by atoms with Gasteiger partial charge < -0.3 is 4.90 Å². The number of rotatable bonds is 4. The molecule has 1 atom stereocenters. The number of nitrogens with zero attached hydrogens (tertiary/aromatic N) is 1. The number of hydrogen-bond donors (Lipinski definition) is 0. The molecule has 0 aliphatic heterocycles. The molecule has 24 heavy (non-hydrogen) atoms. The van der Waals surface area contributed by atoms with Crippen LogP contribution in [0.15, 0.2) is 48.5 Å². The molecule has 0 aliphatic rings. The van der Waals surface area contributed by atoms with E-state index in [-0.39, 0.29) is 24.2 Å². The van der Waals surface area contributed by atoms with Gasteiger partial charge in [0.1, 0.15) is 5.82 Å². The number of hydrogen-bond acceptors (Lipinski definition) is 1. The van der Waals surface area contributed by atoms with Gasteiger partial charge in [-0.05, 0) is 42.3 Å². The molecule has 128 valence electrons. The summed E-state index contributed by atoms with van der Waals surface area (Å²) >= 11 is 0. The van der Waals surface area contributed by atoms with Crippen molar-refractivity contribution in [1.29, 1.82) is 0 Å². The molecule has 0 bridgehead atoms. The Kier molecular flexibility index (Phi) is 5.26. The van der Waals surface area contributed by atoms with Crippen molar-refractivity contribution in [3.8, 4) is 0 Å². The molecule has 2 aromatic carbocycles.